The van der Waals surface area contributed by atoms with Crippen LogP contribution >= 0.6 is 50.5 Å². The fraction of sp³-hybridized carbons (Fsp3) is 0.125. The first-order valence-corrected chi connectivity index (χ1v) is 9.27. The van der Waals surface area contributed by atoms with Gasteiger partial charge in [-0.2, -0.15) is 0 Å². The average molecular weight is 446 g/mol. The lowest BCUT2D eigenvalue weighted by Gasteiger charge is -2.14. The maximum atomic E-state index is 12.3. The van der Waals surface area contributed by atoms with Crippen molar-refractivity contribution in [3.63, 3.8) is 0 Å². The van der Waals surface area contributed by atoms with E-state index >= 15 is 0 Å². The fourth-order valence-electron chi connectivity index (χ4n) is 1.97. The number of rotatable bonds is 4. The SMILES string of the molecule is CC(Oc1ccc(Cl)cc1Cl)C(=O)Nc1nc2ccc(Br)cc2s1. The molecule has 1 heterocycles. The van der Waals surface area contributed by atoms with Crippen molar-refractivity contribution in [1.82, 2.24) is 4.98 Å². The summed E-state index contributed by atoms with van der Waals surface area (Å²) in [7, 11) is 0. The zero-order valence-corrected chi connectivity index (χ0v) is 16.3. The van der Waals surface area contributed by atoms with Crippen LogP contribution in [0, 0.1) is 0 Å². The second-order valence-corrected chi connectivity index (χ2v) is 7.75. The summed E-state index contributed by atoms with van der Waals surface area (Å²) in [6.45, 7) is 1.64. The molecule has 0 saturated heterocycles. The Balaban J connectivity index is 1.70. The summed E-state index contributed by atoms with van der Waals surface area (Å²) >= 11 is 16.7. The van der Waals surface area contributed by atoms with Gasteiger partial charge in [-0.05, 0) is 43.3 Å². The molecule has 0 fully saturated rings. The number of carbonyl (C=O) groups excluding carboxylic acids is 1. The molecule has 0 radical (unpaired) electrons. The Morgan fingerprint density at radius 2 is 2.08 bits per heavy atom. The zero-order chi connectivity index (χ0) is 17.3. The molecule has 1 N–H and O–H groups in total. The van der Waals surface area contributed by atoms with Crippen LogP contribution < -0.4 is 10.1 Å². The molecule has 1 atom stereocenters. The molecular formula is C16H11BrCl2N2O2S. The number of nitrogens with zero attached hydrogens (tertiary/aromatic N) is 1. The minimum atomic E-state index is -0.734. The first-order chi connectivity index (χ1) is 11.4. The van der Waals surface area contributed by atoms with E-state index in [0.717, 1.165) is 14.7 Å². The van der Waals surface area contributed by atoms with Gasteiger partial charge in [0.05, 0.1) is 15.2 Å². The van der Waals surface area contributed by atoms with Crippen molar-refractivity contribution in [3.05, 3.63) is 50.9 Å². The molecule has 3 rings (SSSR count). The van der Waals surface area contributed by atoms with Crippen molar-refractivity contribution in [3.8, 4) is 5.75 Å². The predicted octanol–water partition coefficient (Wildman–Crippen LogP) is 5.77. The fourth-order valence-corrected chi connectivity index (χ4v) is 3.85. The van der Waals surface area contributed by atoms with Crippen molar-refractivity contribution in [1.29, 1.82) is 0 Å². The highest BCUT2D eigenvalue weighted by Gasteiger charge is 2.18. The minimum absolute atomic E-state index is 0.306. The number of fused-ring (bicyclic) bond motifs is 1. The minimum Gasteiger partial charge on any atom is -0.479 e. The quantitative estimate of drug-likeness (QED) is 0.554. The van der Waals surface area contributed by atoms with Crippen LogP contribution in [0.2, 0.25) is 10.0 Å². The van der Waals surface area contributed by atoms with E-state index in [9.17, 15) is 4.79 Å². The van der Waals surface area contributed by atoms with Crippen molar-refractivity contribution in [2.75, 3.05) is 5.32 Å². The van der Waals surface area contributed by atoms with Crippen LogP contribution in [0.15, 0.2) is 40.9 Å². The number of carbonyl (C=O) groups is 1. The summed E-state index contributed by atoms with van der Waals surface area (Å²) in [6, 6.07) is 10.6. The molecule has 1 amide bonds. The van der Waals surface area contributed by atoms with Gasteiger partial charge in [0.25, 0.3) is 5.91 Å². The van der Waals surface area contributed by atoms with Gasteiger partial charge in [-0.25, -0.2) is 4.98 Å². The summed E-state index contributed by atoms with van der Waals surface area (Å²) in [4.78, 5) is 16.7. The van der Waals surface area contributed by atoms with Crippen molar-refractivity contribution >= 4 is 71.7 Å². The smallest absolute Gasteiger partial charge is 0.266 e. The highest BCUT2D eigenvalue weighted by atomic mass is 79.9. The van der Waals surface area contributed by atoms with Crippen molar-refractivity contribution in [2.24, 2.45) is 0 Å². The normalized spacial score (nSPS) is 12.2. The Morgan fingerprint density at radius 1 is 1.29 bits per heavy atom. The highest BCUT2D eigenvalue weighted by molar-refractivity contribution is 9.10. The van der Waals surface area contributed by atoms with E-state index in [4.69, 9.17) is 27.9 Å². The number of hydrogen-bond donors (Lipinski definition) is 1. The van der Waals surface area contributed by atoms with Gasteiger partial charge in [0.2, 0.25) is 0 Å². The Hall–Kier alpha value is -1.34. The number of ether oxygens (including phenoxy) is 1. The maximum absolute atomic E-state index is 12.3. The number of halogens is 3. The highest BCUT2D eigenvalue weighted by Crippen LogP contribution is 2.30. The first kappa shape index (κ1) is 17.5. The Morgan fingerprint density at radius 3 is 2.83 bits per heavy atom. The summed E-state index contributed by atoms with van der Waals surface area (Å²) in [6.07, 6.45) is -0.734. The number of amides is 1. The third-order valence-electron chi connectivity index (χ3n) is 3.15. The lowest BCUT2D eigenvalue weighted by atomic mass is 10.3. The Labute approximate surface area is 160 Å². The van der Waals surface area contributed by atoms with E-state index in [1.807, 2.05) is 18.2 Å². The van der Waals surface area contributed by atoms with Gasteiger partial charge in [-0.3, -0.25) is 10.1 Å². The third kappa shape index (κ3) is 4.00. The first-order valence-electron chi connectivity index (χ1n) is 6.91. The zero-order valence-electron chi connectivity index (χ0n) is 12.3. The maximum Gasteiger partial charge on any atom is 0.266 e. The number of hydrogen-bond acceptors (Lipinski definition) is 4. The number of aromatic nitrogens is 1. The molecular weight excluding hydrogens is 435 g/mol. The molecule has 0 aliphatic heterocycles. The van der Waals surface area contributed by atoms with E-state index < -0.39 is 6.10 Å². The van der Waals surface area contributed by atoms with Gasteiger partial charge >= 0.3 is 0 Å². The molecule has 0 aliphatic rings. The molecule has 0 aliphatic carbocycles. The monoisotopic (exact) mass is 444 g/mol. The van der Waals surface area contributed by atoms with Gasteiger partial charge in [-0.15, -0.1) is 0 Å². The van der Waals surface area contributed by atoms with Gasteiger partial charge in [0, 0.05) is 9.50 Å². The molecule has 2 aromatic carbocycles. The number of thiazole rings is 1. The standard InChI is InChI=1S/C16H11BrCl2N2O2S/c1-8(23-13-5-3-10(18)7-11(13)19)15(22)21-16-20-12-4-2-9(17)6-14(12)24-16/h2-8H,1H3,(H,20,21,22). The summed E-state index contributed by atoms with van der Waals surface area (Å²) < 4.78 is 7.54. The van der Waals surface area contributed by atoms with E-state index in [2.05, 4.69) is 26.2 Å². The average Bonchev–Trinajstić information content (AvgIpc) is 2.91. The van der Waals surface area contributed by atoms with Crippen molar-refractivity contribution < 1.29 is 9.53 Å². The van der Waals surface area contributed by atoms with Crippen LogP contribution in [-0.4, -0.2) is 17.0 Å². The molecule has 1 aromatic heterocycles. The molecule has 4 nitrogen and oxygen atoms in total. The molecule has 0 bridgehead atoms. The molecule has 8 heteroatoms. The largest absolute Gasteiger partial charge is 0.479 e. The predicted molar refractivity (Wildman–Crippen MR) is 103 cm³/mol. The third-order valence-corrected chi connectivity index (χ3v) is 5.10. The van der Waals surface area contributed by atoms with Crippen LogP contribution in [0.5, 0.6) is 5.75 Å². The molecule has 3 aromatic rings. The topological polar surface area (TPSA) is 51.2 Å². The summed E-state index contributed by atoms with van der Waals surface area (Å²) in [5.74, 6) is 0.0936. The van der Waals surface area contributed by atoms with Crippen LogP contribution in [0.4, 0.5) is 5.13 Å². The van der Waals surface area contributed by atoms with E-state index in [0.29, 0.717) is 20.9 Å². The molecule has 24 heavy (non-hydrogen) atoms. The molecule has 0 saturated carbocycles. The second-order valence-electron chi connectivity index (χ2n) is 4.96. The molecule has 1 unspecified atom stereocenters. The number of anilines is 1. The van der Waals surface area contributed by atoms with Crippen LogP contribution in [-0.2, 0) is 4.79 Å². The second kappa shape index (κ2) is 7.27. The summed E-state index contributed by atoms with van der Waals surface area (Å²) in [5.41, 5.74) is 0.827. The van der Waals surface area contributed by atoms with Gasteiger partial charge < -0.3 is 4.74 Å². The van der Waals surface area contributed by atoms with Gasteiger partial charge in [-0.1, -0.05) is 50.5 Å². The van der Waals surface area contributed by atoms with Crippen molar-refractivity contribution in [2.45, 2.75) is 13.0 Å². The van der Waals surface area contributed by atoms with E-state index in [-0.39, 0.29) is 5.91 Å². The van der Waals surface area contributed by atoms with Gasteiger partial charge in [0.15, 0.2) is 11.2 Å². The molecule has 0 spiro atoms. The Bertz CT molecular complexity index is 916. The van der Waals surface area contributed by atoms with E-state index in [1.165, 1.54) is 11.3 Å². The summed E-state index contributed by atoms with van der Waals surface area (Å²) in [5, 5.41) is 4.14. The lowest BCUT2D eigenvalue weighted by Crippen LogP contribution is -2.30. The van der Waals surface area contributed by atoms with Crippen LogP contribution in [0.25, 0.3) is 10.2 Å². The molecule has 124 valence electrons. The van der Waals surface area contributed by atoms with E-state index in [1.54, 1.807) is 25.1 Å². The van der Waals surface area contributed by atoms with Gasteiger partial charge in [0.1, 0.15) is 5.75 Å². The lowest BCUT2D eigenvalue weighted by molar-refractivity contribution is -0.122. The van der Waals surface area contributed by atoms with Crippen LogP contribution in [0.3, 0.4) is 0 Å². The number of nitrogens with one attached hydrogen (secondary N) is 1. The Kier molecular flexibility index (Phi) is 5.30. The van der Waals surface area contributed by atoms with Crippen LogP contribution in [0.1, 0.15) is 6.92 Å². The number of benzene rings is 2.